The Hall–Kier alpha value is -3.46. The fourth-order valence-corrected chi connectivity index (χ4v) is 3.95. The summed E-state index contributed by atoms with van der Waals surface area (Å²) in [5.41, 5.74) is 7.43. The van der Waals surface area contributed by atoms with Crippen LogP contribution in [-0.2, 0) is 0 Å². The van der Waals surface area contributed by atoms with Gasteiger partial charge in [0.2, 0.25) is 0 Å². The number of likely N-dealkylation sites (N-methyl/N-ethyl adjacent to an activating group) is 1. The fraction of sp³-hybridized carbons (Fsp3) is 0.304. The van der Waals surface area contributed by atoms with Crippen molar-refractivity contribution in [1.82, 2.24) is 9.88 Å². The standard InChI is InChI=1S/C23H25F2N5O2/c1-29-6-3-7-30(9-8-29)20-12-19-15(11-21(20)32-2)22(16(13-27-19)23(26)31)28-18-5-4-14(24)10-17(18)25/h4-5,10-13H,3,6-9H2,1-2H3,(H2,26,31)(H,27,28). The average molecular weight is 441 g/mol. The van der Waals surface area contributed by atoms with Crippen LogP contribution in [0.5, 0.6) is 5.75 Å². The van der Waals surface area contributed by atoms with Crippen LogP contribution in [0.2, 0.25) is 0 Å². The minimum Gasteiger partial charge on any atom is -0.495 e. The van der Waals surface area contributed by atoms with Crippen LogP contribution in [0.25, 0.3) is 10.9 Å². The lowest BCUT2D eigenvalue weighted by Crippen LogP contribution is -2.29. The summed E-state index contributed by atoms with van der Waals surface area (Å²) in [6.07, 6.45) is 2.38. The number of nitrogens with two attached hydrogens (primary N) is 1. The number of ether oxygens (including phenoxy) is 1. The molecule has 0 unspecified atom stereocenters. The molecule has 0 saturated carbocycles. The molecule has 0 atom stereocenters. The summed E-state index contributed by atoms with van der Waals surface area (Å²) >= 11 is 0. The lowest BCUT2D eigenvalue weighted by molar-refractivity contribution is 0.100. The Morgan fingerprint density at radius 2 is 1.97 bits per heavy atom. The van der Waals surface area contributed by atoms with Gasteiger partial charge in [-0.15, -0.1) is 0 Å². The molecule has 0 bridgehead atoms. The number of rotatable bonds is 5. The van der Waals surface area contributed by atoms with Crippen molar-refractivity contribution >= 4 is 33.9 Å². The van der Waals surface area contributed by atoms with Gasteiger partial charge in [0.1, 0.15) is 17.4 Å². The summed E-state index contributed by atoms with van der Waals surface area (Å²) in [6.45, 7) is 3.65. The van der Waals surface area contributed by atoms with E-state index in [-0.39, 0.29) is 16.9 Å². The predicted octanol–water partition coefficient (Wildman–Crippen LogP) is 3.51. The van der Waals surface area contributed by atoms with Crippen LogP contribution in [0.15, 0.2) is 36.5 Å². The van der Waals surface area contributed by atoms with E-state index in [1.54, 1.807) is 13.2 Å². The average Bonchev–Trinajstić information content (AvgIpc) is 2.98. The fourth-order valence-electron chi connectivity index (χ4n) is 3.95. The first kappa shape index (κ1) is 21.8. The number of fused-ring (bicyclic) bond motifs is 1. The van der Waals surface area contributed by atoms with E-state index in [1.165, 1.54) is 12.3 Å². The van der Waals surface area contributed by atoms with Crippen LogP contribution >= 0.6 is 0 Å². The molecule has 1 saturated heterocycles. The number of hydrogen-bond acceptors (Lipinski definition) is 6. The van der Waals surface area contributed by atoms with Gasteiger partial charge in [-0.3, -0.25) is 9.78 Å². The topological polar surface area (TPSA) is 83.7 Å². The quantitative estimate of drug-likeness (QED) is 0.631. The second kappa shape index (κ2) is 8.96. The highest BCUT2D eigenvalue weighted by Gasteiger charge is 2.21. The van der Waals surface area contributed by atoms with Crippen molar-refractivity contribution in [1.29, 1.82) is 0 Å². The van der Waals surface area contributed by atoms with Crippen LogP contribution in [-0.4, -0.2) is 56.1 Å². The summed E-state index contributed by atoms with van der Waals surface area (Å²) in [5.74, 6) is -1.60. The maximum absolute atomic E-state index is 14.3. The highest BCUT2D eigenvalue weighted by molar-refractivity contribution is 6.08. The molecule has 32 heavy (non-hydrogen) atoms. The van der Waals surface area contributed by atoms with Gasteiger partial charge >= 0.3 is 0 Å². The zero-order chi connectivity index (χ0) is 22.8. The first-order chi connectivity index (χ1) is 15.4. The molecule has 4 rings (SSSR count). The number of methoxy groups -OCH3 is 1. The van der Waals surface area contributed by atoms with E-state index >= 15 is 0 Å². The van der Waals surface area contributed by atoms with Gasteiger partial charge in [-0.05, 0) is 44.3 Å². The number of nitrogens with one attached hydrogen (secondary N) is 1. The Labute approximate surface area is 184 Å². The van der Waals surface area contributed by atoms with Crippen molar-refractivity contribution in [3.05, 3.63) is 53.7 Å². The molecule has 9 heteroatoms. The predicted molar refractivity (Wildman–Crippen MR) is 121 cm³/mol. The van der Waals surface area contributed by atoms with Gasteiger partial charge in [0.15, 0.2) is 0 Å². The van der Waals surface area contributed by atoms with Crippen LogP contribution in [0, 0.1) is 11.6 Å². The van der Waals surface area contributed by atoms with Crippen molar-refractivity contribution in [3.8, 4) is 5.75 Å². The van der Waals surface area contributed by atoms with Crippen LogP contribution in [0.1, 0.15) is 16.8 Å². The lowest BCUT2D eigenvalue weighted by Gasteiger charge is -2.25. The number of nitrogens with zero attached hydrogens (tertiary/aromatic N) is 3. The van der Waals surface area contributed by atoms with E-state index in [9.17, 15) is 13.6 Å². The Kier molecular flexibility index (Phi) is 6.09. The van der Waals surface area contributed by atoms with E-state index in [0.29, 0.717) is 16.7 Å². The van der Waals surface area contributed by atoms with Gasteiger partial charge in [-0.25, -0.2) is 8.78 Å². The van der Waals surface area contributed by atoms with Gasteiger partial charge < -0.3 is 25.6 Å². The summed E-state index contributed by atoms with van der Waals surface area (Å²) in [5, 5.41) is 3.44. The number of benzene rings is 2. The molecular formula is C23H25F2N5O2. The molecule has 1 aliphatic rings. The second-order valence-corrected chi connectivity index (χ2v) is 7.85. The maximum atomic E-state index is 14.3. The SMILES string of the molecule is COc1cc2c(Nc3ccc(F)cc3F)c(C(N)=O)cnc2cc1N1CCCN(C)CC1. The number of aromatic nitrogens is 1. The van der Waals surface area contributed by atoms with Crippen LogP contribution < -0.4 is 20.7 Å². The van der Waals surface area contributed by atoms with E-state index < -0.39 is 17.5 Å². The van der Waals surface area contributed by atoms with Crippen molar-refractivity contribution in [2.24, 2.45) is 5.73 Å². The number of carbonyl (C=O) groups is 1. The van der Waals surface area contributed by atoms with Crippen LogP contribution in [0.3, 0.4) is 0 Å². The molecule has 168 valence electrons. The number of anilines is 3. The Bertz CT molecular complexity index is 1170. The highest BCUT2D eigenvalue weighted by Crippen LogP contribution is 2.38. The molecule has 0 spiro atoms. The summed E-state index contributed by atoms with van der Waals surface area (Å²) in [6, 6.07) is 6.83. The maximum Gasteiger partial charge on any atom is 0.252 e. The third-order valence-electron chi connectivity index (χ3n) is 5.69. The molecule has 1 aromatic heterocycles. The first-order valence-corrected chi connectivity index (χ1v) is 10.3. The Morgan fingerprint density at radius 3 is 2.69 bits per heavy atom. The van der Waals surface area contributed by atoms with Crippen LogP contribution in [0.4, 0.5) is 25.8 Å². The summed E-state index contributed by atoms with van der Waals surface area (Å²) in [7, 11) is 3.67. The molecule has 3 N–H and O–H groups in total. The van der Waals surface area contributed by atoms with Crippen molar-refractivity contribution in [2.75, 3.05) is 50.6 Å². The van der Waals surface area contributed by atoms with Gasteiger partial charge in [0.25, 0.3) is 5.91 Å². The molecule has 1 amide bonds. The molecular weight excluding hydrogens is 416 g/mol. The van der Waals surface area contributed by atoms with E-state index in [2.05, 4.69) is 27.1 Å². The number of carbonyl (C=O) groups excluding carboxylic acids is 1. The lowest BCUT2D eigenvalue weighted by atomic mass is 10.1. The number of pyridine rings is 1. The molecule has 1 fully saturated rings. The van der Waals surface area contributed by atoms with Gasteiger partial charge in [0.05, 0.1) is 35.3 Å². The molecule has 0 aliphatic carbocycles. The number of amides is 1. The molecule has 1 aliphatic heterocycles. The second-order valence-electron chi connectivity index (χ2n) is 7.85. The van der Waals surface area contributed by atoms with Gasteiger partial charge in [-0.2, -0.15) is 0 Å². The summed E-state index contributed by atoms with van der Waals surface area (Å²) < 4.78 is 33.3. The molecule has 3 aromatic rings. The Morgan fingerprint density at radius 1 is 1.16 bits per heavy atom. The minimum absolute atomic E-state index is 0.0139. The highest BCUT2D eigenvalue weighted by atomic mass is 19.1. The zero-order valence-corrected chi connectivity index (χ0v) is 18.0. The third-order valence-corrected chi connectivity index (χ3v) is 5.69. The van der Waals surface area contributed by atoms with E-state index in [4.69, 9.17) is 10.5 Å². The smallest absolute Gasteiger partial charge is 0.252 e. The third kappa shape index (κ3) is 4.29. The molecule has 2 aromatic carbocycles. The Balaban J connectivity index is 1.84. The monoisotopic (exact) mass is 441 g/mol. The minimum atomic E-state index is -0.789. The number of primary amides is 1. The number of hydrogen-bond donors (Lipinski definition) is 2. The number of halogens is 2. The van der Waals surface area contributed by atoms with Crippen molar-refractivity contribution in [3.63, 3.8) is 0 Å². The summed E-state index contributed by atoms with van der Waals surface area (Å²) in [4.78, 5) is 21.0. The first-order valence-electron chi connectivity index (χ1n) is 10.3. The van der Waals surface area contributed by atoms with Crippen molar-refractivity contribution in [2.45, 2.75) is 6.42 Å². The van der Waals surface area contributed by atoms with Gasteiger partial charge in [-0.1, -0.05) is 0 Å². The molecule has 0 radical (unpaired) electrons. The van der Waals surface area contributed by atoms with E-state index in [0.717, 1.165) is 50.4 Å². The molecule has 7 nitrogen and oxygen atoms in total. The largest absolute Gasteiger partial charge is 0.495 e. The van der Waals surface area contributed by atoms with E-state index in [1.807, 2.05) is 6.07 Å². The normalized spacial score (nSPS) is 14.9. The van der Waals surface area contributed by atoms with Crippen molar-refractivity contribution < 1.29 is 18.3 Å². The zero-order valence-electron chi connectivity index (χ0n) is 18.0. The van der Waals surface area contributed by atoms with Gasteiger partial charge in [0, 0.05) is 37.3 Å². The molecule has 2 heterocycles.